The highest BCUT2D eigenvalue weighted by molar-refractivity contribution is 7.85. The topological polar surface area (TPSA) is 109 Å². The van der Waals surface area contributed by atoms with Gasteiger partial charge in [-0.15, -0.1) is 0 Å². The van der Waals surface area contributed by atoms with Gasteiger partial charge < -0.3 is 0 Å². The van der Waals surface area contributed by atoms with Gasteiger partial charge in [-0.25, -0.2) is 0 Å². The van der Waals surface area contributed by atoms with Gasteiger partial charge in [-0.05, 0) is 24.6 Å². The average molecular weight is 344 g/mol. The van der Waals surface area contributed by atoms with E-state index in [1.807, 2.05) is 6.92 Å². The first kappa shape index (κ1) is 18.3. The minimum atomic E-state index is -4.02. The second kappa shape index (κ2) is 7.50. The van der Waals surface area contributed by atoms with Gasteiger partial charge in [0.15, 0.2) is 0 Å². The Morgan fingerprint density at radius 3 is 1.73 bits per heavy atom. The highest BCUT2D eigenvalue weighted by Crippen LogP contribution is 2.08. The predicted molar refractivity (Wildman–Crippen MR) is 82.7 cm³/mol. The molecule has 0 saturated heterocycles. The van der Waals surface area contributed by atoms with Crippen LogP contribution in [0.5, 0.6) is 0 Å². The molecule has 0 spiro atoms. The lowest BCUT2D eigenvalue weighted by Gasteiger charge is -1.95. The lowest BCUT2D eigenvalue weighted by molar-refractivity contribution is 0.480. The number of aryl methyl sites for hydroxylation is 1. The Morgan fingerprint density at radius 2 is 1.32 bits per heavy atom. The van der Waals surface area contributed by atoms with Crippen molar-refractivity contribution in [2.45, 2.75) is 17.6 Å². The second-order valence-electron chi connectivity index (χ2n) is 4.50. The Bertz CT molecular complexity index is 794. The second-order valence-corrected chi connectivity index (χ2v) is 7.37. The summed E-state index contributed by atoms with van der Waals surface area (Å²) >= 11 is 0. The van der Waals surface area contributed by atoms with Crippen molar-refractivity contribution in [1.82, 2.24) is 0 Å². The maximum atomic E-state index is 10.5. The Morgan fingerprint density at radius 1 is 0.818 bits per heavy atom. The van der Waals surface area contributed by atoms with Crippen LogP contribution in [-0.4, -0.2) is 25.9 Å². The van der Waals surface area contributed by atoms with Crippen LogP contribution < -0.4 is 0 Å². The zero-order chi connectivity index (χ0) is 16.8. The van der Waals surface area contributed by atoms with Gasteiger partial charge in [-0.3, -0.25) is 9.11 Å². The first-order valence-electron chi connectivity index (χ1n) is 6.11. The van der Waals surface area contributed by atoms with Crippen molar-refractivity contribution in [2.75, 3.05) is 0 Å². The van der Waals surface area contributed by atoms with E-state index in [-0.39, 0.29) is 10.6 Å². The van der Waals surface area contributed by atoms with Crippen LogP contribution >= 0.6 is 0 Å². The molecule has 2 aromatic rings. The Labute approximate surface area is 129 Å². The summed E-state index contributed by atoms with van der Waals surface area (Å²) in [5, 5.41) is 0. The maximum absolute atomic E-state index is 10.5. The number of hydrogen-bond acceptors (Lipinski definition) is 4. The zero-order valence-corrected chi connectivity index (χ0v) is 13.4. The molecule has 0 aliphatic heterocycles. The van der Waals surface area contributed by atoms with Crippen LogP contribution in [0.25, 0.3) is 0 Å². The highest BCUT2D eigenvalue weighted by atomic mass is 32.2. The maximum Gasteiger partial charge on any atom is 0.294 e. The fourth-order valence-electron chi connectivity index (χ4n) is 1.50. The lowest BCUT2D eigenvalue weighted by atomic mass is 10.2. The van der Waals surface area contributed by atoms with Crippen molar-refractivity contribution in [1.29, 1.82) is 0 Å². The van der Waals surface area contributed by atoms with Crippen LogP contribution in [0.3, 0.4) is 0 Å². The van der Waals surface area contributed by atoms with Crippen molar-refractivity contribution >= 4 is 20.2 Å². The van der Waals surface area contributed by atoms with Crippen molar-refractivity contribution in [3.8, 4) is 0 Å². The summed E-state index contributed by atoms with van der Waals surface area (Å²) in [5.41, 5.74) is 1.55. The van der Waals surface area contributed by atoms with Crippen LogP contribution in [-0.2, 0) is 26.0 Å². The van der Waals surface area contributed by atoms with E-state index in [2.05, 4.69) is 0 Å². The molecule has 0 saturated carbocycles. The van der Waals surface area contributed by atoms with E-state index in [4.69, 9.17) is 9.11 Å². The molecule has 0 aliphatic carbocycles. The molecule has 2 N–H and O–H groups in total. The van der Waals surface area contributed by atoms with Gasteiger partial charge in [0.05, 0.1) is 4.90 Å². The third-order valence-corrected chi connectivity index (χ3v) is 4.08. The molecule has 0 radical (unpaired) electrons. The zero-order valence-electron chi connectivity index (χ0n) is 11.7. The average Bonchev–Trinajstić information content (AvgIpc) is 2.38. The molecule has 2 aromatic carbocycles. The summed E-state index contributed by atoms with van der Waals surface area (Å²) in [6, 6.07) is 14.5. The Balaban J connectivity index is 0.000000220. The molecule has 0 aliphatic rings. The van der Waals surface area contributed by atoms with Crippen LogP contribution in [0.1, 0.15) is 11.1 Å². The number of benzene rings is 2. The van der Waals surface area contributed by atoms with E-state index in [1.54, 1.807) is 42.5 Å². The molecule has 0 unspecified atom stereocenters. The summed E-state index contributed by atoms with van der Waals surface area (Å²) in [6.45, 7) is 1.84. The third-order valence-electron chi connectivity index (χ3n) is 2.51. The highest BCUT2D eigenvalue weighted by Gasteiger charge is 2.06. The van der Waals surface area contributed by atoms with E-state index in [1.165, 1.54) is 12.1 Å². The van der Waals surface area contributed by atoms with Crippen LogP contribution in [0, 0.1) is 6.92 Å². The van der Waals surface area contributed by atoms with Gasteiger partial charge in [0.2, 0.25) is 0 Å². The van der Waals surface area contributed by atoms with Crippen LogP contribution in [0.15, 0.2) is 59.5 Å². The minimum Gasteiger partial charge on any atom is -0.285 e. The molecule has 0 atom stereocenters. The van der Waals surface area contributed by atoms with Gasteiger partial charge >= 0.3 is 0 Å². The minimum absolute atomic E-state index is 0.0666. The molecule has 0 amide bonds. The van der Waals surface area contributed by atoms with Crippen molar-refractivity contribution in [3.63, 3.8) is 0 Å². The largest absolute Gasteiger partial charge is 0.294 e. The van der Waals surface area contributed by atoms with Gasteiger partial charge in [-0.2, -0.15) is 16.8 Å². The smallest absolute Gasteiger partial charge is 0.285 e. The first-order chi connectivity index (χ1) is 10.1. The predicted octanol–water partition coefficient (Wildman–Crippen LogP) is 2.32. The van der Waals surface area contributed by atoms with Gasteiger partial charge in [-0.1, -0.05) is 48.0 Å². The van der Waals surface area contributed by atoms with E-state index in [0.717, 1.165) is 5.56 Å². The summed E-state index contributed by atoms with van der Waals surface area (Å²) in [5.74, 6) is -0.312. The number of hydrogen-bond donors (Lipinski definition) is 2. The summed E-state index contributed by atoms with van der Waals surface area (Å²) < 4.78 is 58.7. The number of rotatable bonds is 3. The fourth-order valence-corrected chi connectivity index (χ4v) is 2.59. The summed E-state index contributed by atoms with van der Waals surface area (Å²) in [7, 11) is -7.90. The standard InChI is InChI=1S/2C7H8O3S/c1-6-2-4-7(5-3-6)11(8,9)10;8-11(9,10)6-7-4-2-1-3-5-7/h2-5H,1H3,(H,8,9,10);1-5H,6H2,(H,8,9,10). The van der Waals surface area contributed by atoms with Crippen molar-refractivity contribution in [2.24, 2.45) is 0 Å². The molecule has 0 bridgehead atoms. The summed E-state index contributed by atoms with van der Waals surface area (Å²) in [4.78, 5) is -0.0666. The molecule has 0 fully saturated rings. The van der Waals surface area contributed by atoms with Crippen LogP contribution in [0.2, 0.25) is 0 Å². The normalized spacial score (nSPS) is 11.4. The van der Waals surface area contributed by atoms with E-state index >= 15 is 0 Å². The molecule has 22 heavy (non-hydrogen) atoms. The molecule has 8 heteroatoms. The van der Waals surface area contributed by atoms with E-state index in [9.17, 15) is 16.8 Å². The molecule has 0 aromatic heterocycles. The Kier molecular flexibility index (Phi) is 6.24. The molecule has 0 heterocycles. The summed E-state index contributed by atoms with van der Waals surface area (Å²) in [6.07, 6.45) is 0. The van der Waals surface area contributed by atoms with Gasteiger partial charge in [0.25, 0.3) is 20.2 Å². The molecule has 120 valence electrons. The third kappa shape index (κ3) is 7.32. The van der Waals surface area contributed by atoms with E-state index < -0.39 is 20.2 Å². The Hall–Kier alpha value is -1.74. The van der Waals surface area contributed by atoms with Gasteiger partial charge in [0, 0.05) is 0 Å². The fraction of sp³-hybridized carbons (Fsp3) is 0.143. The SMILES string of the molecule is Cc1ccc(S(=O)(=O)O)cc1.O=S(=O)(O)Cc1ccccc1. The molecule has 2 rings (SSSR count). The van der Waals surface area contributed by atoms with Gasteiger partial charge in [0.1, 0.15) is 5.75 Å². The molecular formula is C14H16O6S2. The lowest BCUT2D eigenvalue weighted by Crippen LogP contribution is -2.00. The monoisotopic (exact) mass is 344 g/mol. The van der Waals surface area contributed by atoms with Crippen LogP contribution in [0.4, 0.5) is 0 Å². The van der Waals surface area contributed by atoms with Crippen molar-refractivity contribution in [3.05, 3.63) is 65.7 Å². The molecular weight excluding hydrogens is 328 g/mol. The van der Waals surface area contributed by atoms with Crippen molar-refractivity contribution < 1.29 is 25.9 Å². The quantitative estimate of drug-likeness (QED) is 0.827. The molecule has 6 nitrogen and oxygen atoms in total. The first-order valence-corrected chi connectivity index (χ1v) is 9.16. The van der Waals surface area contributed by atoms with E-state index in [0.29, 0.717) is 5.56 Å².